The van der Waals surface area contributed by atoms with Crippen LogP contribution in [0, 0.1) is 4.77 Å². The highest BCUT2D eigenvalue weighted by Gasteiger charge is 2.43. The van der Waals surface area contributed by atoms with Crippen LogP contribution in [0.2, 0.25) is 0 Å². The van der Waals surface area contributed by atoms with E-state index in [0.29, 0.717) is 5.56 Å². The maximum absolute atomic E-state index is 12.8. The van der Waals surface area contributed by atoms with E-state index >= 15 is 0 Å². The zero-order chi connectivity index (χ0) is 15.5. The molecule has 1 N–H and O–H groups in total. The van der Waals surface area contributed by atoms with Crippen molar-refractivity contribution in [1.82, 2.24) is 14.9 Å². The molecule has 2 aromatic rings. The van der Waals surface area contributed by atoms with Crippen LogP contribution in [-0.4, -0.2) is 33.6 Å². The number of hydrogen-bond acceptors (Lipinski definition) is 4. The lowest BCUT2D eigenvalue weighted by molar-refractivity contribution is -0.253. The van der Waals surface area contributed by atoms with Crippen LogP contribution in [-0.2, 0) is 0 Å². The smallest absolute Gasteiger partial charge is 0.428 e. The summed E-state index contributed by atoms with van der Waals surface area (Å²) in [6.45, 7) is 0. The zero-order valence-corrected chi connectivity index (χ0v) is 11.0. The van der Waals surface area contributed by atoms with Crippen LogP contribution in [0.15, 0.2) is 35.7 Å². The van der Waals surface area contributed by atoms with Gasteiger partial charge in [-0.1, -0.05) is 12.1 Å². The second-order valence-corrected chi connectivity index (χ2v) is 4.17. The highest BCUT2D eigenvalue weighted by atomic mass is 32.1. The molecule has 1 aromatic heterocycles. The summed E-state index contributed by atoms with van der Waals surface area (Å²) in [6.07, 6.45) is -5.87. The van der Waals surface area contributed by atoms with Crippen molar-refractivity contribution < 1.29 is 22.3 Å². The van der Waals surface area contributed by atoms with Crippen LogP contribution in [0.1, 0.15) is 5.56 Å². The van der Waals surface area contributed by atoms with E-state index in [9.17, 15) is 17.6 Å². The standard InChI is InChI=1S/C11H8F4N4OS/c12-9(13)11(14,15)20-8-3-1-2-7(4-8)5-17-19-6-16-18-10(19)21/h1-6,9H,(H,18,21)/b17-5-. The van der Waals surface area contributed by atoms with Gasteiger partial charge in [0.25, 0.3) is 0 Å². The average molecular weight is 320 g/mol. The highest BCUT2D eigenvalue weighted by molar-refractivity contribution is 7.71. The van der Waals surface area contributed by atoms with Crippen LogP contribution in [0.3, 0.4) is 0 Å². The number of ether oxygens (including phenoxy) is 1. The number of H-pyrrole nitrogens is 1. The molecule has 0 spiro atoms. The number of alkyl halides is 4. The van der Waals surface area contributed by atoms with E-state index in [-0.39, 0.29) is 4.77 Å². The number of hydrogen-bond donors (Lipinski definition) is 1. The maximum Gasteiger partial charge on any atom is 0.461 e. The van der Waals surface area contributed by atoms with Gasteiger partial charge in [-0.2, -0.15) is 32.4 Å². The monoisotopic (exact) mass is 320 g/mol. The van der Waals surface area contributed by atoms with Gasteiger partial charge in [-0.15, -0.1) is 0 Å². The predicted octanol–water partition coefficient (Wildman–Crippen LogP) is 3.06. The van der Waals surface area contributed by atoms with E-state index in [4.69, 9.17) is 12.2 Å². The lowest BCUT2D eigenvalue weighted by Crippen LogP contribution is -2.33. The number of aromatic amines is 1. The lowest BCUT2D eigenvalue weighted by Gasteiger charge is -2.16. The Bertz CT molecular complexity index is 697. The number of halogens is 4. The molecule has 1 heterocycles. The first kappa shape index (κ1) is 15.2. The molecule has 0 aliphatic heterocycles. The molecule has 112 valence electrons. The number of nitrogens with one attached hydrogen (secondary N) is 1. The molecule has 10 heteroatoms. The van der Waals surface area contributed by atoms with Crippen LogP contribution >= 0.6 is 12.2 Å². The van der Waals surface area contributed by atoms with Gasteiger partial charge in [0.15, 0.2) is 0 Å². The summed E-state index contributed by atoms with van der Waals surface area (Å²) < 4.78 is 55.1. The van der Waals surface area contributed by atoms with Gasteiger partial charge < -0.3 is 4.74 Å². The molecule has 0 bridgehead atoms. The predicted molar refractivity (Wildman–Crippen MR) is 68.4 cm³/mol. The topological polar surface area (TPSA) is 55.2 Å². The number of benzene rings is 1. The summed E-state index contributed by atoms with van der Waals surface area (Å²) in [4.78, 5) is 0. The number of aromatic nitrogens is 3. The summed E-state index contributed by atoms with van der Waals surface area (Å²) in [7, 11) is 0. The summed E-state index contributed by atoms with van der Waals surface area (Å²) >= 11 is 4.85. The van der Waals surface area contributed by atoms with E-state index in [1.807, 2.05) is 0 Å². The molecule has 0 aliphatic rings. The van der Waals surface area contributed by atoms with E-state index in [2.05, 4.69) is 20.0 Å². The van der Waals surface area contributed by atoms with Crippen molar-refractivity contribution in [2.75, 3.05) is 0 Å². The van der Waals surface area contributed by atoms with Gasteiger partial charge in [0.2, 0.25) is 4.77 Å². The Kier molecular flexibility index (Phi) is 4.36. The quantitative estimate of drug-likeness (QED) is 0.523. The first-order chi connectivity index (χ1) is 9.88. The van der Waals surface area contributed by atoms with E-state index in [0.717, 1.165) is 12.1 Å². The fourth-order valence-electron chi connectivity index (χ4n) is 1.31. The molecule has 0 amide bonds. The van der Waals surface area contributed by atoms with Gasteiger partial charge >= 0.3 is 12.5 Å². The van der Waals surface area contributed by atoms with Crippen molar-refractivity contribution in [2.24, 2.45) is 5.10 Å². The van der Waals surface area contributed by atoms with Crippen molar-refractivity contribution in [2.45, 2.75) is 12.5 Å². The fourth-order valence-corrected chi connectivity index (χ4v) is 1.46. The molecular formula is C11H8F4N4OS. The van der Waals surface area contributed by atoms with E-state index < -0.39 is 18.3 Å². The molecule has 0 atom stereocenters. The average Bonchev–Trinajstić information content (AvgIpc) is 2.82. The summed E-state index contributed by atoms with van der Waals surface area (Å²) in [6, 6.07) is 5.17. The SMILES string of the molecule is FC(F)C(F)(F)Oc1cccc(/C=N\n2cn[nH]c2=S)c1. The van der Waals surface area contributed by atoms with Gasteiger partial charge in [-0.3, -0.25) is 5.10 Å². The molecule has 0 fully saturated rings. The second kappa shape index (κ2) is 6.04. The minimum absolute atomic E-state index is 0.239. The zero-order valence-electron chi connectivity index (χ0n) is 10.2. The van der Waals surface area contributed by atoms with Gasteiger partial charge in [0, 0.05) is 0 Å². The Morgan fingerprint density at radius 3 is 2.81 bits per heavy atom. The minimum Gasteiger partial charge on any atom is -0.428 e. The normalized spacial score (nSPS) is 12.2. The summed E-state index contributed by atoms with van der Waals surface area (Å²) in [5, 5.41) is 10.0. The molecule has 2 rings (SSSR count). The van der Waals surface area contributed by atoms with Crippen molar-refractivity contribution >= 4 is 18.4 Å². The summed E-state index contributed by atoms with van der Waals surface area (Å²) in [5.74, 6) is -0.403. The lowest BCUT2D eigenvalue weighted by atomic mass is 10.2. The Morgan fingerprint density at radius 2 is 2.19 bits per heavy atom. The molecule has 0 unspecified atom stereocenters. The third-order valence-electron chi connectivity index (χ3n) is 2.23. The van der Waals surface area contributed by atoms with Crippen LogP contribution in [0.4, 0.5) is 17.6 Å². The molecule has 0 saturated heterocycles. The third-order valence-corrected chi connectivity index (χ3v) is 2.51. The Balaban J connectivity index is 2.17. The Labute approximate surface area is 120 Å². The van der Waals surface area contributed by atoms with Crippen LogP contribution in [0.25, 0.3) is 0 Å². The van der Waals surface area contributed by atoms with E-state index in [1.54, 1.807) is 0 Å². The number of nitrogens with zero attached hydrogens (tertiary/aromatic N) is 3. The molecule has 0 radical (unpaired) electrons. The van der Waals surface area contributed by atoms with Gasteiger partial charge in [0.1, 0.15) is 12.1 Å². The maximum atomic E-state index is 12.8. The largest absolute Gasteiger partial charge is 0.461 e. The molecule has 5 nitrogen and oxygen atoms in total. The van der Waals surface area contributed by atoms with Crippen molar-refractivity contribution in [1.29, 1.82) is 0 Å². The Hall–Kier alpha value is -2.23. The number of rotatable bonds is 5. The van der Waals surface area contributed by atoms with Crippen molar-refractivity contribution in [3.63, 3.8) is 0 Å². The van der Waals surface area contributed by atoms with Gasteiger partial charge in [-0.25, -0.2) is 0 Å². The van der Waals surface area contributed by atoms with Crippen molar-refractivity contribution in [3.8, 4) is 5.75 Å². The highest BCUT2D eigenvalue weighted by Crippen LogP contribution is 2.27. The fraction of sp³-hybridized carbons (Fsp3) is 0.182. The van der Waals surface area contributed by atoms with Crippen LogP contribution in [0.5, 0.6) is 5.75 Å². The van der Waals surface area contributed by atoms with Gasteiger partial charge in [-0.05, 0) is 29.9 Å². The van der Waals surface area contributed by atoms with Crippen molar-refractivity contribution in [3.05, 3.63) is 40.9 Å². The third kappa shape index (κ3) is 3.88. The summed E-state index contributed by atoms with van der Waals surface area (Å²) in [5.41, 5.74) is 0.362. The first-order valence-corrected chi connectivity index (χ1v) is 5.91. The first-order valence-electron chi connectivity index (χ1n) is 5.50. The Morgan fingerprint density at radius 1 is 1.43 bits per heavy atom. The van der Waals surface area contributed by atoms with E-state index in [1.165, 1.54) is 29.4 Å². The molecular weight excluding hydrogens is 312 g/mol. The molecule has 0 aliphatic carbocycles. The molecule has 0 saturated carbocycles. The minimum atomic E-state index is -4.55. The molecule has 1 aromatic carbocycles. The van der Waals surface area contributed by atoms with Gasteiger partial charge in [0.05, 0.1) is 6.21 Å². The van der Waals surface area contributed by atoms with Crippen LogP contribution < -0.4 is 4.74 Å². The molecule has 21 heavy (non-hydrogen) atoms. The second-order valence-electron chi connectivity index (χ2n) is 3.79.